The molecule has 2 aromatic carbocycles. The zero-order valence-corrected chi connectivity index (χ0v) is 17.5. The Hall–Kier alpha value is -3.34. The SMILES string of the molecule is CCOC(=O)c1ccc(NC(=O)C[C@@H]2SC(=Nc3cccc(C(F)(F)F)c3)NC2=O)cc1. The van der Waals surface area contributed by atoms with Gasteiger partial charge in [-0.1, -0.05) is 17.8 Å². The molecule has 1 aliphatic heterocycles. The molecule has 1 fully saturated rings. The van der Waals surface area contributed by atoms with Crippen LogP contribution in [0.2, 0.25) is 0 Å². The van der Waals surface area contributed by atoms with Crippen LogP contribution in [-0.4, -0.2) is 34.8 Å². The Morgan fingerprint density at radius 2 is 1.91 bits per heavy atom. The van der Waals surface area contributed by atoms with Crippen molar-refractivity contribution in [2.75, 3.05) is 11.9 Å². The van der Waals surface area contributed by atoms with Crippen LogP contribution in [-0.2, 0) is 20.5 Å². The maximum absolute atomic E-state index is 12.8. The van der Waals surface area contributed by atoms with Crippen LogP contribution in [0.4, 0.5) is 24.5 Å². The standard InChI is InChI=1S/C21H18F3N3O4S/c1-2-31-19(30)12-6-8-14(9-7-12)25-17(28)11-16-18(29)27-20(32-16)26-15-5-3-4-13(10-15)21(22,23)24/h3-10,16H,2,11H2,1H3,(H,25,28)(H,26,27,29)/t16-/m0/s1. The van der Waals surface area contributed by atoms with Gasteiger partial charge < -0.3 is 15.4 Å². The van der Waals surface area contributed by atoms with E-state index in [4.69, 9.17) is 4.74 Å². The summed E-state index contributed by atoms with van der Waals surface area (Å²) in [5.74, 6) is -1.38. The third-order valence-electron chi connectivity index (χ3n) is 4.23. The molecular formula is C21H18F3N3O4S. The lowest BCUT2D eigenvalue weighted by Crippen LogP contribution is -2.28. The van der Waals surface area contributed by atoms with Gasteiger partial charge in [0.25, 0.3) is 0 Å². The van der Waals surface area contributed by atoms with Crippen molar-refractivity contribution >= 4 is 46.1 Å². The molecule has 0 spiro atoms. The number of halogens is 3. The average Bonchev–Trinajstić information content (AvgIpc) is 3.06. The maximum atomic E-state index is 12.8. The van der Waals surface area contributed by atoms with Crippen molar-refractivity contribution in [2.24, 2.45) is 4.99 Å². The number of hydrogen-bond donors (Lipinski definition) is 2. The number of rotatable bonds is 6. The van der Waals surface area contributed by atoms with Crippen LogP contribution in [0, 0.1) is 0 Å². The van der Waals surface area contributed by atoms with Crippen LogP contribution in [0.1, 0.15) is 29.3 Å². The van der Waals surface area contributed by atoms with Gasteiger partial charge in [-0.15, -0.1) is 0 Å². The highest BCUT2D eigenvalue weighted by molar-refractivity contribution is 8.15. The number of anilines is 1. The van der Waals surface area contributed by atoms with Gasteiger partial charge in [0.2, 0.25) is 11.8 Å². The fourth-order valence-electron chi connectivity index (χ4n) is 2.75. The first-order valence-corrected chi connectivity index (χ1v) is 10.3. The van der Waals surface area contributed by atoms with Crippen molar-refractivity contribution in [3.8, 4) is 0 Å². The molecule has 1 saturated heterocycles. The third-order valence-corrected chi connectivity index (χ3v) is 5.31. The van der Waals surface area contributed by atoms with Crippen molar-refractivity contribution in [2.45, 2.75) is 24.8 Å². The summed E-state index contributed by atoms with van der Waals surface area (Å²) in [5, 5.41) is 4.44. The largest absolute Gasteiger partial charge is 0.462 e. The second-order valence-corrected chi connectivity index (χ2v) is 7.80. The summed E-state index contributed by atoms with van der Waals surface area (Å²) in [5.41, 5.74) is -0.0386. The third kappa shape index (κ3) is 6.10. The molecule has 1 atom stereocenters. The maximum Gasteiger partial charge on any atom is 0.416 e. The summed E-state index contributed by atoms with van der Waals surface area (Å²) in [7, 11) is 0. The second kappa shape index (κ2) is 9.86. The zero-order valence-electron chi connectivity index (χ0n) is 16.7. The van der Waals surface area contributed by atoms with Crippen molar-refractivity contribution in [1.29, 1.82) is 0 Å². The molecule has 3 rings (SSSR count). The molecule has 0 bridgehead atoms. The molecule has 0 aromatic heterocycles. The quantitative estimate of drug-likeness (QED) is 0.626. The number of nitrogens with zero attached hydrogens (tertiary/aromatic N) is 1. The van der Waals surface area contributed by atoms with Crippen molar-refractivity contribution in [3.63, 3.8) is 0 Å². The van der Waals surface area contributed by atoms with Crippen molar-refractivity contribution in [1.82, 2.24) is 5.32 Å². The Morgan fingerprint density at radius 1 is 1.19 bits per heavy atom. The van der Waals surface area contributed by atoms with E-state index in [-0.39, 0.29) is 23.9 Å². The lowest BCUT2D eigenvalue weighted by molar-refractivity contribution is -0.137. The first kappa shape index (κ1) is 23.3. The van der Waals surface area contributed by atoms with E-state index in [1.54, 1.807) is 6.92 Å². The number of amides is 2. The van der Waals surface area contributed by atoms with E-state index in [2.05, 4.69) is 15.6 Å². The number of esters is 1. The Balaban J connectivity index is 1.59. The van der Waals surface area contributed by atoms with E-state index < -0.39 is 34.8 Å². The average molecular weight is 465 g/mol. The molecular weight excluding hydrogens is 447 g/mol. The Kier molecular flexibility index (Phi) is 7.18. The molecule has 0 unspecified atom stereocenters. The van der Waals surface area contributed by atoms with Crippen LogP contribution in [0.5, 0.6) is 0 Å². The number of benzene rings is 2. The molecule has 168 valence electrons. The van der Waals surface area contributed by atoms with Gasteiger partial charge in [-0.3, -0.25) is 9.59 Å². The van der Waals surface area contributed by atoms with Gasteiger partial charge in [0.1, 0.15) is 5.25 Å². The van der Waals surface area contributed by atoms with Gasteiger partial charge in [0.05, 0.1) is 23.4 Å². The normalized spacial score (nSPS) is 17.2. The Morgan fingerprint density at radius 3 is 2.56 bits per heavy atom. The van der Waals surface area contributed by atoms with E-state index in [1.807, 2.05) is 0 Å². The summed E-state index contributed by atoms with van der Waals surface area (Å²) in [4.78, 5) is 40.1. The molecule has 2 amide bonds. The molecule has 2 N–H and O–H groups in total. The van der Waals surface area contributed by atoms with Crippen LogP contribution in [0.25, 0.3) is 0 Å². The minimum atomic E-state index is -4.50. The molecule has 1 aliphatic rings. The van der Waals surface area contributed by atoms with Gasteiger partial charge in [0, 0.05) is 12.1 Å². The minimum Gasteiger partial charge on any atom is -0.462 e. The van der Waals surface area contributed by atoms with E-state index in [0.717, 1.165) is 23.9 Å². The number of amidine groups is 1. The van der Waals surface area contributed by atoms with Crippen molar-refractivity contribution in [3.05, 3.63) is 59.7 Å². The van der Waals surface area contributed by atoms with Gasteiger partial charge in [0.15, 0.2) is 5.17 Å². The number of nitrogens with one attached hydrogen (secondary N) is 2. The predicted molar refractivity (Wildman–Crippen MR) is 114 cm³/mol. The monoisotopic (exact) mass is 465 g/mol. The highest BCUT2D eigenvalue weighted by Crippen LogP contribution is 2.32. The van der Waals surface area contributed by atoms with Crippen LogP contribution in [0.15, 0.2) is 53.5 Å². The summed E-state index contributed by atoms with van der Waals surface area (Å²) >= 11 is 0.964. The number of carbonyl (C=O) groups excluding carboxylic acids is 3. The molecule has 32 heavy (non-hydrogen) atoms. The summed E-state index contributed by atoms with van der Waals surface area (Å²) < 4.78 is 43.4. The van der Waals surface area contributed by atoms with Crippen LogP contribution >= 0.6 is 11.8 Å². The van der Waals surface area contributed by atoms with E-state index >= 15 is 0 Å². The molecule has 7 nitrogen and oxygen atoms in total. The number of carbonyl (C=O) groups is 3. The molecule has 2 aromatic rings. The van der Waals surface area contributed by atoms with Crippen molar-refractivity contribution < 1.29 is 32.3 Å². The summed E-state index contributed by atoms with van der Waals surface area (Å²) in [6.07, 6.45) is -4.67. The van der Waals surface area contributed by atoms with Gasteiger partial charge in [-0.05, 0) is 49.4 Å². The lowest BCUT2D eigenvalue weighted by atomic mass is 10.2. The van der Waals surface area contributed by atoms with Gasteiger partial charge in [-0.2, -0.15) is 13.2 Å². The summed E-state index contributed by atoms with van der Waals surface area (Å²) in [6, 6.07) is 10.5. The van der Waals surface area contributed by atoms with Crippen LogP contribution < -0.4 is 10.6 Å². The van der Waals surface area contributed by atoms with Crippen LogP contribution in [0.3, 0.4) is 0 Å². The number of aliphatic imine (C=N–C) groups is 1. The lowest BCUT2D eigenvalue weighted by Gasteiger charge is -2.08. The molecule has 11 heteroatoms. The number of alkyl halides is 3. The highest BCUT2D eigenvalue weighted by atomic mass is 32.2. The highest BCUT2D eigenvalue weighted by Gasteiger charge is 2.33. The molecule has 1 heterocycles. The predicted octanol–water partition coefficient (Wildman–Crippen LogP) is 4.13. The number of thioether (sulfide) groups is 1. The fraction of sp³-hybridized carbons (Fsp3) is 0.238. The topological polar surface area (TPSA) is 96.9 Å². The first-order chi connectivity index (χ1) is 15.2. The second-order valence-electron chi connectivity index (χ2n) is 6.61. The summed E-state index contributed by atoms with van der Waals surface area (Å²) in [6.45, 7) is 1.94. The minimum absolute atomic E-state index is 0.0365. The van der Waals surface area contributed by atoms with E-state index in [9.17, 15) is 27.6 Å². The van der Waals surface area contributed by atoms with E-state index in [1.165, 1.54) is 36.4 Å². The zero-order chi connectivity index (χ0) is 23.3. The Labute approximate surface area is 185 Å². The van der Waals surface area contributed by atoms with E-state index in [0.29, 0.717) is 11.3 Å². The number of hydrogen-bond acceptors (Lipinski definition) is 6. The fourth-order valence-corrected chi connectivity index (χ4v) is 3.73. The number of ether oxygens (including phenoxy) is 1. The van der Waals surface area contributed by atoms with Gasteiger partial charge in [-0.25, -0.2) is 9.79 Å². The Bertz CT molecular complexity index is 1060. The molecule has 0 aliphatic carbocycles. The smallest absolute Gasteiger partial charge is 0.416 e. The molecule has 0 saturated carbocycles. The van der Waals surface area contributed by atoms with Gasteiger partial charge >= 0.3 is 12.1 Å². The molecule has 0 radical (unpaired) electrons. The first-order valence-electron chi connectivity index (χ1n) is 9.46.